The van der Waals surface area contributed by atoms with Crippen LogP contribution < -0.4 is 4.90 Å². The lowest BCUT2D eigenvalue weighted by Crippen LogP contribution is -2.38. The fourth-order valence-electron chi connectivity index (χ4n) is 3.49. The summed E-state index contributed by atoms with van der Waals surface area (Å²) in [7, 11) is 0. The molecule has 1 aromatic rings. The van der Waals surface area contributed by atoms with E-state index in [1.54, 1.807) is 13.8 Å². The van der Waals surface area contributed by atoms with Gasteiger partial charge >= 0.3 is 5.97 Å². The zero-order valence-corrected chi connectivity index (χ0v) is 16.2. The third-order valence-corrected chi connectivity index (χ3v) is 5.85. The molecule has 0 radical (unpaired) electrons. The van der Waals surface area contributed by atoms with E-state index < -0.39 is 5.25 Å². The lowest BCUT2D eigenvalue weighted by Gasteiger charge is -2.32. The van der Waals surface area contributed by atoms with Gasteiger partial charge in [0.05, 0.1) is 25.4 Å². The van der Waals surface area contributed by atoms with Crippen molar-refractivity contribution in [3.63, 3.8) is 0 Å². The summed E-state index contributed by atoms with van der Waals surface area (Å²) in [5, 5.41) is 10.0. The Bertz CT molecular complexity index is 711. The molecular formula is C19H25N3O3S. The van der Waals surface area contributed by atoms with Crippen molar-refractivity contribution in [3.8, 4) is 6.07 Å². The molecule has 0 amide bonds. The van der Waals surface area contributed by atoms with E-state index in [1.165, 1.54) is 17.3 Å². The molecule has 0 saturated carbocycles. The number of pyridine rings is 1. The van der Waals surface area contributed by atoms with Crippen molar-refractivity contribution in [1.29, 1.82) is 5.26 Å². The Balaban J connectivity index is 2.00. The maximum atomic E-state index is 12.0. The molecule has 1 aliphatic carbocycles. The minimum absolute atomic E-state index is 0.270. The second-order valence-corrected chi connectivity index (χ2v) is 7.83. The quantitative estimate of drug-likeness (QED) is 0.578. The second kappa shape index (κ2) is 8.74. The van der Waals surface area contributed by atoms with Gasteiger partial charge in [-0.15, -0.1) is 0 Å². The maximum absolute atomic E-state index is 12.0. The molecule has 0 unspecified atom stereocenters. The predicted octanol–water partition coefficient (Wildman–Crippen LogP) is 2.71. The van der Waals surface area contributed by atoms with Gasteiger partial charge in [-0.1, -0.05) is 11.8 Å². The van der Waals surface area contributed by atoms with Crippen LogP contribution in [0.2, 0.25) is 0 Å². The third-order valence-electron chi connectivity index (χ3n) is 4.79. The molecule has 0 bridgehead atoms. The van der Waals surface area contributed by atoms with Gasteiger partial charge in [0.1, 0.15) is 22.2 Å². The zero-order valence-electron chi connectivity index (χ0n) is 15.4. The standard InChI is InChI=1S/C19H25N3O3S/c1-3-25-19(23)13(2)26-18-16(12-20)14-6-4-5-7-15(14)17(21-18)22-8-10-24-11-9-22/h13H,3-11H2,1-2H3/t13-/m1/s1. The number of carbonyl (C=O) groups is 1. The van der Waals surface area contributed by atoms with E-state index >= 15 is 0 Å². The molecule has 26 heavy (non-hydrogen) atoms. The van der Waals surface area contributed by atoms with Crippen LogP contribution in [0.4, 0.5) is 5.82 Å². The van der Waals surface area contributed by atoms with Gasteiger partial charge in [0.2, 0.25) is 0 Å². The fourth-order valence-corrected chi connectivity index (χ4v) is 4.41. The zero-order chi connectivity index (χ0) is 18.5. The highest BCUT2D eigenvalue weighted by Crippen LogP contribution is 2.37. The minimum atomic E-state index is -0.395. The fraction of sp³-hybridized carbons (Fsp3) is 0.632. The number of hydrogen-bond donors (Lipinski definition) is 0. The number of hydrogen-bond acceptors (Lipinski definition) is 7. The summed E-state index contributed by atoms with van der Waals surface area (Å²) >= 11 is 1.33. The molecular weight excluding hydrogens is 350 g/mol. The molecule has 0 N–H and O–H groups in total. The van der Waals surface area contributed by atoms with Gasteiger partial charge in [-0.3, -0.25) is 4.79 Å². The third kappa shape index (κ3) is 3.97. The molecule has 3 rings (SSSR count). The number of nitrogens with zero attached hydrogens (tertiary/aromatic N) is 3. The highest BCUT2D eigenvalue weighted by atomic mass is 32.2. The topological polar surface area (TPSA) is 75.4 Å². The summed E-state index contributed by atoms with van der Waals surface area (Å²) in [5.41, 5.74) is 2.97. The Morgan fingerprint density at radius 1 is 1.35 bits per heavy atom. The number of aromatic nitrogens is 1. The van der Waals surface area contributed by atoms with Crippen molar-refractivity contribution in [2.24, 2.45) is 0 Å². The lowest BCUT2D eigenvalue weighted by atomic mass is 9.89. The van der Waals surface area contributed by atoms with Crippen LogP contribution >= 0.6 is 11.8 Å². The average molecular weight is 375 g/mol. The molecule has 1 aromatic heterocycles. The van der Waals surface area contributed by atoms with E-state index in [2.05, 4.69) is 11.0 Å². The van der Waals surface area contributed by atoms with Gasteiger partial charge in [-0.2, -0.15) is 5.26 Å². The molecule has 7 heteroatoms. The molecule has 1 aliphatic heterocycles. The number of anilines is 1. The Morgan fingerprint density at radius 3 is 2.69 bits per heavy atom. The van der Waals surface area contributed by atoms with Crippen LogP contribution in [-0.4, -0.2) is 49.1 Å². The molecule has 1 saturated heterocycles. The van der Waals surface area contributed by atoms with Crippen LogP contribution in [0.15, 0.2) is 5.03 Å². The molecule has 1 fully saturated rings. The molecule has 140 valence electrons. The highest BCUT2D eigenvalue weighted by Gasteiger charge is 2.28. The number of esters is 1. The Hall–Kier alpha value is -1.78. The Labute approximate surface area is 158 Å². The first kappa shape index (κ1) is 19.0. The molecule has 1 atom stereocenters. The summed E-state index contributed by atoms with van der Waals surface area (Å²) < 4.78 is 10.6. The van der Waals surface area contributed by atoms with E-state index in [0.717, 1.165) is 50.2 Å². The van der Waals surface area contributed by atoms with Crippen molar-refractivity contribution >= 4 is 23.5 Å². The normalized spacial score (nSPS) is 18.0. The summed E-state index contributed by atoms with van der Waals surface area (Å²) in [5.74, 6) is 0.703. The average Bonchev–Trinajstić information content (AvgIpc) is 2.68. The summed E-state index contributed by atoms with van der Waals surface area (Å²) in [4.78, 5) is 19.2. The molecule has 2 heterocycles. The lowest BCUT2D eigenvalue weighted by molar-refractivity contribution is -0.142. The Kier molecular flexibility index (Phi) is 6.38. The summed E-state index contributed by atoms with van der Waals surface area (Å²) in [6.07, 6.45) is 4.08. The number of thioether (sulfide) groups is 1. The van der Waals surface area contributed by atoms with Crippen LogP contribution in [0.25, 0.3) is 0 Å². The van der Waals surface area contributed by atoms with Crippen LogP contribution in [0, 0.1) is 11.3 Å². The number of rotatable bonds is 5. The number of fused-ring (bicyclic) bond motifs is 1. The molecule has 0 spiro atoms. The van der Waals surface area contributed by atoms with Crippen molar-refractivity contribution in [3.05, 3.63) is 16.7 Å². The van der Waals surface area contributed by atoms with Gasteiger partial charge in [0.25, 0.3) is 0 Å². The van der Waals surface area contributed by atoms with E-state index in [1.807, 2.05) is 0 Å². The number of carbonyl (C=O) groups excluding carboxylic acids is 1. The largest absolute Gasteiger partial charge is 0.465 e. The smallest absolute Gasteiger partial charge is 0.319 e. The van der Waals surface area contributed by atoms with Gasteiger partial charge in [0, 0.05) is 13.1 Å². The minimum Gasteiger partial charge on any atom is -0.465 e. The SMILES string of the molecule is CCOC(=O)[C@@H](C)Sc1nc(N2CCOCC2)c2c(c1C#N)CCCC2. The second-order valence-electron chi connectivity index (χ2n) is 6.50. The number of nitriles is 1. The van der Waals surface area contributed by atoms with Crippen LogP contribution in [0.5, 0.6) is 0 Å². The first-order valence-corrected chi connectivity index (χ1v) is 10.2. The highest BCUT2D eigenvalue weighted by molar-refractivity contribution is 8.00. The Morgan fingerprint density at radius 2 is 2.04 bits per heavy atom. The first-order valence-electron chi connectivity index (χ1n) is 9.27. The van der Waals surface area contributed by atoms with Crippen LogP contribution in [0.1, 0.15) is 43.4 Å². The van der Waals surface area contributed by atoms with E-state index in [4.69, 9.17) is 14.5 Å². The first-order chi connectivity index (χ1) is 12.7. The summed E-state index contributed by atoms with van der Waals surface area (Å²) in [6.45, 7) is 6.95. The van der Waals surface area contributed by atoms with Crippen LogP contribution in [0.3, 0.4) is 0 Å². The predicted molar refractivity (Wildman–Crippen MR) is 101 cm³/mol. The number of ether oxygens (including phenoxy) is 2. The van der Waals surface area contributed by atoms with Crippen molar-refractivity contribution in [1.82, 2.24) is 4.98 Å². The van der Waals surface area contributed by atoms with E-state index in [9.17, 15) is 10.1 Å². The van der Waals surface area contributed by atoms with Crippen LogP contribution in [-0.2, 0) is 27.1 Å². The van der Waals surface area contributed by atoms with Gasteiger partial charge in [-0.25, -0.2) is 4.98 Å². The summed E-state index contributed by atoms with van der Waals surface area (Å²) in [6, 6.07) is 2.35. The van der Waals surface area contributed by atoms with E-state index in [-0.39, 0.29) is 5.97 Å². The van der Waals surface area contributed by atoms with Gasteiger partial charge < -0.3 is 14.4 Å². The molecule has 2 aliphatic rings. The van der Waals surface area contributed by atoms with Crippen molar-refractivity contribution in [2.75, 3.05) is 37.8 Å². The van der Waals surface area contributed by atoms with Gasteiger partial charge in [0.15, 0.2) is 0 Å². The van der Waals surface area contributed by atoms with Crippen molar-refractivity contribution in [2.45, 2.75) is 49.8 Å². The van der Waals surface area contributed by atoms with Crippen molar-refractivity contribution < 1.29 is 14.3 Å². The van der Waals surface area contributed by atoms with E-state index in [0.29, 0.717) is 30.4 Å². The molecule has 0 aromatic carbocycles. The molecule has 6 nitrogen and oxygen atoms in total. The maximum Gasteiger partial charge on any atom is 0.319 e. The number of morpholine rings is 1. The van der Waals surface area contributed by atoms with Gasteiger partial charge in [-0.05, 0) is 50.7 Å². The monoisotopic (exact) mass is 375 g/mol.